The van der Waals surface area contributed by atoms with Crippen LogP contribution >= 0.6 is 34.8 Å². The Hall–Kier alpha value is -2.09. The highest BCUT2D eigenvalue weighted by molar-refractivity contribution is 7.89. The molecule has 0 saturated heterocycles. The number of carbonyl (C=O) groups is 1. The molecule has 0 fully saturated rings. The Morgan fingerprint density at radius 1 is 0.879 bits per heavy atom. The number of hydrogen-bond acceptors (Lipinski definition) is 3. The summed E-state index contributed by atoms with van der Waals surface area (Å²) in [7, 11) is -4.03. The van der Waals surface area contributed by atoms with E-state index in [9.17, 15) is 13.2 Å². The van der Waals surface area contributed by atoms with Crippen molar-refractivity contribution in [2.45, 2.75) is 24.4 Å². The van der Waals surface area contributed by atoms with Crippen LogP contribution < -0.4 is 0 Å². The van der Waals surface area contributed by atoms with Gasteiger partial charge < -0.3 is 4.90 Å². The Balaban J connectivity index is 1.64. The van der Waals surface area contributed by atoms with Crippen LogP contribution in [0, 0.1) is 0 Å². The van der Waals surface area contributed by atoms with Gasteiger partial charge in [0.2, 0.25) is 15.9 Å². The van der Waals surface area contributed by atoms with Crippen molar-refractivity contribution in [2.24, 2.45) is 0 Å². The number of fused-ring (bicyclic) bond motifs is 1. The van der Waals surface area contributed by atoms with Gasteiger partial charge in [-0.05, 0) is 53.9 Å². The lowest BCUT2D eigenvalue weighted by Crippen LogP contribution is -2.44. The van der Waals surface area contributed by atoms with Crippen molar-refractivity contribution in [3.8, 4) is 0 Å². The van der Waals surface area contributed by atoms with Crippen LogP contribution in [0.5, 0.6) is 0 Å². The van der Waals surface area contributed by atoms with Crippen LogP contribution in [-0.4, -0.2) is 36.6 Å². The molecule has 0 aromatic heterocycles. The third kappa shape index (κ3) is 5.36. The van der Waals surface area contributed by atoms with Gasteiger partial charge in [0.1, 0.15) is 0 Å². The lowest BCUT2D eigenvalue weighted by Gasteiger charge is -2.31. The summed E-state index contributed by atoms with van der Waals surface area (Å²) in [5.41, 5.74) is 2.71. The highest BCUT2D eigenvalue weighted by Gasteiger charge is 2.31. The number of halogens is 3. The summed E-state index contributed by atoms with van der Waals surface area (Å²) in [4.78, 5) is 15.0. The summed E-state index contributed by atoms with van der Waals surface area (Å²) >= 11 is 18.6. The fraction of sp³-hybridized carbons (Fsp3) is 0.208. The molecular weight excluding hydrogens is 503 g/mol. The van der Waals surface area contributed by atoms with Crippen LogP contribution in [0.4, 0.5) is 0 Å². The lowest BCUT2D eigenvalue weighted by atomic mass is 10.00. The minimum absolute atomic E-state index is 0.0341. The van der Waals surface area contributed by atoms with E-state index in [1.54, 1.807) is 23.1 Å². The van der Waals surface area contributed by atoms with Gasteiger partial charge in [0, 0.05) is 40.3 Å². The zero-order valence-electron chi connectivity index (χ0n) is 17.5. The monoisotopic (exact) mass is 522 g/mol. The van der Waals surface area contributed by atoms with Gasteiger partial charge in [0.15, 0.2) is 0 Å². The van der Waals surface area contributed by atoms with Crippen molar-refractivity contribution in [3.05, 3.63) is 98.5 Å². The molecule has 33 heavy (non-hydrogen) atoms. The summed E-state index contributed by atoms with van der Waals surface area (Å²) in [6, 6.07) is 18.7. The molecule has 1 aliphatic rings. The van der Waals surface area contributed by atoms with Crippen LogP contribution in [0.2, 0.25) is 15.1 Å². The number of benzene rings is 3. The van der Waals surface area contributed by atoms with Crippen molar-refractivity contribution in [2.75, 3.05) is 13.1 Å². The van der Waals surface area contributed by atoms with Crippen molar-refractivity contribution >= 4 is 50.7 Å². The van der Waals surface area contributed by atoms with Gasteiger partial charge >= 0.3 is 0 Å². The van der Waals surface area contributed by atoms with Crippen LogP contribution in [0.15, 0.2) is 71.6 Å². The lowest BCUT2D eigenvalue weighted by molar-refractivity contribution is -0.132. The van der Waals surface area contributed by atoms with E-state index in [0.717, 1.165) is 16.3 Å². The molecular formula is C24H21Cl3N2O3S. The molecule has 172 valence electrons. The van der Waals surface area contributed by atoms with E-state index in [2.05, 4.69) is 0 Å². The fourth-order valence-corrected chi connectivity index (χ4v) is 5.80. The summed E-state index contributed by atoms with van der Waals surface area (Å²) in [6.45, 7) is 0.489. The van der Waals surface area contributed by atoms with E-state index in [1.807, 2.05) is 24.3 Å². The molecule has 1 aliphatic heterocycles. The largest absolute Gasteiger partial charge is 0.337 e. The van der Waals surface area contributed by atoms with E-state index in [4.69, 9.17) is 34.8 Å². The quantitative estimate of drug-likeness (QED) is 0.433. The number of rotatable bonds is 6. The third-order valence-electron chi connectivity index (χ3n) is 5.64. The number of nitrogens with zero attached hydrogens (tertiary/aromatic N) is 2. The summed E-state index contributed by atoms with van der Waals surface area (Å²) < 4.78 is 28.1. The minimum atomic E-state index is -4.03. The molecule has 0 N–H and O–H groups in total. The molecule has 0 saturated carbocycles. The smallest absolute Gasteiger partial charge is 0.243 e. The Bertz CT molecular complexity index is 1260. The van der Waals surface area contributed by atoms with E-state index in [-0.39, 0.29) is 23.9 Å². The first-order chi connectivity index (χ1) is 15.8. The Morgan fingerprint density at radius 3 is 2.18 bits per heavy atom. The Kier molecular flexibility index (Phi) is 7.31. The van der Waals surface area contributed by atoms with Gasteiger partial charge in [0.25, 0.3) is 0 Å². The van der Waals surface area contributed by atoms with Crippen molar-refractivity contribution in [3.63, 3.8) is 0 Å². The molecule has 0 unspecified atom stereocenters. The fourth-order valence-electron chi connectivity index (χ4n) is 3.80. The highest BCUT2D eigenvalue weighted by Crippen LogP contribution is 2.29. The number of amides is 1. The van der Waals surface area contributed by atoms with E-state index >= 15 is 0 Å². The second-order valence-electron chi connectivity index (χ2n) is 7.76. The number of sulfonamides is 1. The first-order valence-electron chi connectivity index (χ1n) is 10.3. The van der Waals surface area contributed by atoms with Gasteiger partial charge in [-0.1, -0.05) is 65.1 Å². The van der Waals surface area contributed by atoms with Crippen molar-refractivity contribution in [1.29, 1.82) is 0 Å². The average molecular weight is 524 g/mol. The molecule has 3 aromatic rings. The van der Waals surface area contributed by atoms with Gasteiger partial charge in [-0.15, -0.1) is 0 Å². The first-order valence-corrected chi connectivity index (χ1v) is 12.9. The standard InChI is InChI=1S/C24H21Cl3N2O3S/c25-19-8-10-20(11-9-19)33(31,32)29(15-21-22(26)6-3-7-23(21)27)16-24(30)28-13-12-17-4-1-2-5-18(17)14-28/h1-11H,12-16H2. The van der Waals surface area contributed by atoms with Crippen LogP contribution in [-0.2, 0) is 34.3 Å². The van der Waals surface area contributed by atoms with Crippen molar-refractivity contribution < 1.29 is 13.2 Å². The number of carbonyl (C=O) groups excluding carboxylic acids is 1. The maximum absolute atomic E-state index is 13.5. The van der Waals surface area contributed by atoms with Gasteiger partial charge in [0.05, 0.1) is 11.4 Å². The molecule has 1 amide bonds. The SMILES string of the molecule is O=C(CN(Cc1c(Cl)cccc1Cl)S(=O)(=O)c1ccc(Cl)cc1)N1CCc2ccccc2C1. The Labute approximate surface area is 208 Å². The van der Waals surface area contributed by atoms with Gasteiger partial charge in [-0.25, -0.2) is 8.42 Å². The molecule has 0 atom stereocenters. The normalized spacial score (nSPS) is 13.8. The zero-order valence-corrected chi connectivity index (χ0v) is 20.6. The molecule has 1 heterocycles. The number of hydrogen-bond donors (Lipinski definition) is 0. The van der Waals surface area contributed by atoms with Crippen LogP contribution in [0.1, 0.15) is 16.7 Å². The van der Waals surface area contributed by atoms with E-state index < -0.39 is 10.0 Å². The van der Waals surface area contributed by atoms with Crippen LogP contribution in [0.3, 0.4) is 0 Å². The van der Waals surface area contributed by atoms with Gasteiger partial charge in [-0.2, -0.15) is 4.31 Å². The minimum Gasteiger partial charge on any atom is -0.337 e. The maximum Gasteiger partial charge on any atom is 0.243 e. The van der Waals surface area contributed by atoms with E-state index in [1.165, 1.54) is 29.8 Å². The predicted octanol–water partition coefficient (Wildman–Crippen LogP) is 5.42. The Morgan fingerprint density at radius 2 is 1.52 bits per heavy atom. The zero-order chi connectivity index (χ0) is 23.6. The third-order valence-corrected chi connectivity index (χ3v) is 8.41. The molecule has 0 spiro atoms. The molecule has 0 aliphatic carbocycles. The molecule has 0 radical (unpaired) electrons. The molecule has 4 rings (SSSR count). The molecule has 3 aromatic carbocycles. The first kappa shape index (κ1) is 24.0. The van der Waals surface area contributed by atoms with Crippen LogP contribution in [0.25, 0.3) is 0 Å². The summed E-state index contributed by atoms with van der Waals surface area (Å²) in [5, 5.41) is 1.08. The molecule has 9 heteroatoms. The topological polar surface area (TPSA) is 57.7 Å². The highest BCUT2D eigenvalue weighted by atomic mass is 35.5. The predicted molar refractivity (Wildman–Crippen MR) is 131 cm³/mol. The van der Waals surface area contributed by atoms with E-state index in [0.29, 0.717) is 33.7 Å². The summed E-state index contributed by atoms with van der Waals surface area (Å²) in [6.07, 6.45) is 0.724. The maximum atomic E-state index is 13.5. The molecule has 5 nitrogen and oxygen atoms in total. The van der Waals surface area contributed by atoms with Crippen molar-refractivity contribution in [1.82, 2.24) is 9.21 Å². The average Bonchev–Trinajstić information content (AvgIpc) is 2.80. The second kappa shape index (κ2) is 10.0. The molecule has 0 bridgehead atoms. The van der Waals surface area contributed by atoms with Gasteiger partial charge in [-0.3, -0.25) is 4.79 Å². The second-order valence-corrected chi connectivity index (χ2v) is 11.0. The summed E-state index contributed by atoms with van der Waals surface area (Å²) in [5.74, 6) is -0.287.